The monoisotopic (exact) mass is 330 g/mol. The number of benzene rings is 1. The molecule has 0 fully saturated rings. The maximum absolute atomic E-state index is 12.4. The van der Waals surface area contributed by atoms with Crippen molar-refractivity contribution in [2.24, 2.45) is 7.05 Å². The van der Waals surface area contributed by atoms with Crippen molar-refractivity contribution < 1.29 is 8.42 Å². The van der Waals surface area contributed by atoms with E-state index in [4.69, 9.17) is 0 Å². The molecule has 0 amide bonds. The van der Waals surface area contributed by atoms with E-state index in [-0.39, 0.29) is 4.90 Å². The Kier molecular flexibility index (Phi) is 3.49. The molecular formula is C10H11BrN4O2S. The van der Waals surface area contributed by atoms with Gasteiger partial charge in [-0.2, -0.15) is 0 Å². The van der Waals surface area contributed by atoms with E-state index in [2.05, 4.69) is 31.5 Å². The lowest BCUT2D eigenvalue weighted by molar-refractivity contribution is 0.576. The molecule has 8 heteroatoms. The van der Waals surface area contributed by atoms with Gasteiger partial charge in [0.2, 0.25) is 0 Å². The van der Waals surface area contributed by atoms with Gasteiger partial charge in [-0.05, 0) is 35.5 Å². The molecule has 0 spiro atoms. The van der Waals surface area contributed by atoms with Crippen LogP contribution in [0.5, 0.6) is 0 Å². The van der Waals surface area contributed by atoms with E-state index in [0.717, 1.165) is 0 Å². The van der Waals surface area contributed by atoms with Crippen LogP contribution in [0.25, 0.3) is 0 Å². The second kappa shape index (κ2) is 4.77. The molecule has 2 rings (SSSR count). The van der Waals surface area contributed by atoms with Crippen LogP contribution in [0.4, 0.5) is 0 Å². The molecule has 6 nitrogen and oxygen atoms in total. The summed E-state index contributed by atoms with van der Waals surface area (Å²) in [7, 11) is -1.89. The lowest BCUT2D eigenvalue weighted by Crippen LogP contribution is -2.15. The van der Waals surface area contributed by atoms with Gasteiger partial charge in [0.05, 0.1) is 4.90 Å². The Balaban J connectivity index is 2.47. The molecular weight excluding hydrogens is 320 g/mol. The Labute approximate surface area is 113 Å². The molecule has 0 radical (unpaired) electrons. The van der Waals surface area contributed by atoms with Gasteiger partial charge in [-0.3, -0.25) is 0 Å². The molecule has 1 heterocycles. The summed E-state index contributed by atoms with van der Waals surface area (Å²) in [5.74, 6) is 0.315. The molecule has 0 N–H and O–H groups in total. The van der Waals surface area contributed by atoms with Crippen LogP contribution in [-0.2, 0) is 16.9 Å². The van der Waals surface area contributed by atoms with Gasteiger partial charge in [0.15, 0.2) is 15.7 Å². The molecule has 0 aliphatic heterocycles. The van der Waals surface area contributed by atoms with Crippen LogP contribution in [0.15, 0.2) is 33.6 Å². The van der Waals surface area contributed by atoms with Crippen molar-refractivity contribution in [3.8, 4) is 0 Å². The zero-order valence-corrected chi connectivity index (χ0v) is 12.2. The number of rotatable bonds is 3. The molecule has 1 aromatic heterocycles. The zero-order valence-electron chi connectivity index (χ0n) is 9.78. The molecule has 1 atom stereocenters. The second-order valence-electron chi connectivity index (χ2n) is 3.81. The highest BCUT2D eigenvalue weighted by molar-refractivity contribution is 9.10. The third-order valence-corrected chi connectivity index (χ3v) is 5.15. The van der Waals surface area contributed by atoms with Crippen molar-refractivity contribution >= 4 is 25.8 Å². The summed E-state index contributed by atoms with van der Waals surface area (Å²) in [4.78, 5) is 0.243. The van der Waals surface area contributed by atoms with Gasteiger partial charge in [0.1, 0.15) is 5.25 Å². The fourth-order valence-electron chi connectivity index (χ4n) is 1.57. The van der Waals surface area contributed by atoms with Crippen molar-refractivity contribution in [2.45, 2.75) is 17.1 Å². The number of hydrogen-bond acceptors (Lipinski definition) is 5. The molecule has 1 aromatic carbocycles. The summed E-state index contributed by atoms with van der Waals surface area (Å²) in [6, 6.07) is 6.57. The highest BCUT2D eigenvalue weighted by Crippen LogP contribution is 2.27. The summed E-state index contributed by atoms with van der Waals surface area (Å²) in [6.07, 6.45) is 0. The number of halogens is 1. The number of aromatic nitrogens is 4. The summed E-state index contributed by atoms with van der Waals surface area (Å²) < 4.78 is 26.9. The first kappa shape index (κ1) is 13.2. The van der Waals surface area contributed by atoms with Crippen LogP contribution in [0.2, 0.25) is 0 Å². The van der Waals surface area contributed by atoms with Crippen LogP contribution in [0, 0.1) is 0 Å². The van der Waals surface area contributed by atoms with Gasteiger partial charge in [0.25, 0.3) is 0 Å². The smallest absolute Gasteiger partial charge is 0.188 e. The quantitative estimate of drug-likeness (QED) is 0.852. The SMILES string of the molecule is CC(c1nnnn1C)S(=O)(=O)c1cccc(Br)c1. The van der Waals surface area contributed by atoms with Gasteiger partial charge < -0.3 is 0 Å². The Morgan fingerprint density at radius 1 is 1.39 bits per heavy atom. The van der Waals surface area contributed by atoms with Gasteiger partial charge in [0, 0.05) is 11.5 Å². The average molecular weight is 331 g/mol. The van der Waals surface area contributed by atoms with Crippen LogP contribution in [0.1, 0.15) is 18.0 Å². The maximum atomic E-state index is 12.4. The predicted molar refractivity (Wildman–Crippen MR) is 68.5 cm³/mol. The average Bonchev–Trinajstić information content (AvgIpc) is 2.74. The molecule has 1 unspecified atom stereocenters. The van der Waals surface area contributed by atoms with Crippen LogP contribution < -0.4 is 0 Å². The first-order chi connectivity index (χ1) is 8.43. The van der Waals surface area contributed by atoms with Crippen molar-refractivity contribution in [1.82, 2.24) is 20.2 Å². The molecule has 0 aliphatic rings. The number of tetrazole rings is 1. The van der Waals surface area contributed by atoms with Gasteiger partial charge >= 0.3 is 0 Å². The Hall–Kier alpha value is -1.28. The summed E-state index contributed by atoms with van der Waals surface area (Å²) in [5, 5.41) is 10.0. The highest BCUT2D eigenvalue weighted by Gasteiger charge is 2.29. The van der Waals surface area contributed by atoms with Gasteiger partial charge in [-0.25, -0.2) is 13.1 Å². The van der Waals surface area contributed by atoms with Crippen molar-refractivity contribution in [1.29, 1.82) is 0 Å². The van der Waals surface area contributed by atoms with E-state index in [1.54, 1.807) is 38.2 Å². The van der Waals surface area contributed by atoms with E-state index in [1.165, 1.54) is 4.68 Å². The summed E-state index contributed by atoms with van der Waals surface area (Å²) in [5.41, 5.74) is 0. The maximum Gasteiger partial charge on any atom is 0.188 e. The van der Waals surface area contributed by atoms with Crippen molar-refractivity contribution in [2.75, 3.05) is 0 Å². The first-order valence-electron chi connectivity index (χ1n) is 5.14. The zero-order chi connectivity index (χ0) is 13.3. The van der Waals surface area contributed by atoms with Crippen LogP contribution in [0.3, 0.4) is 0 Å². The summed E-state index contributed by atoms with van der Waals surface area (Å²) >= 11 is 3.26. The topological polar surface area (TPSA) is 77.7 Å². The predicted octanol–water partition coefficient (Wildman–Crippen LogP) is 1.51. The highest BCUT2D eigenvalue weighted by atomic mass is 79.9. The van der Waals surface area contributed by atoms with Crippen LogP contribution >= 0.6 is 15.9 Å². The Morgan fingerprint density at radius 3 is 2.67 bits per heavy atom. The van der Waals surface area contributed by atoms with Crippen molar-refractivity contribution in [3.05, 3.63) is 34.6 Å². The molecule has 2 aromatic rings. The lowest BCUT2D eigenvalue weighted by atomic mass is 10.4. The van der Waals surface area contributed by atoms with E-state index in [1.807, 2.05) is 0 Å². The minimum absolute atomic E-state index is 0.243. The molecule has 18 heavy (non-hydrogen) atoms. The number of sulfone groups is 1. The lowest BCUT2D eigenvalue weighted by Gasteiger charge is -2.11. The third-order valence-electron chi connectivity index (χ3n) is 2.61. The normalized spacial score (nSPS) is 13.5. The van der Waals surface area contributed by atoms with E-state index in [9.17, 15) is 8.42 Å². The number of nitrogens with zero attached hydrogens (tertiary/aromatic N) is 4. The first-order valence-corrected chi connectivity index (χ1v) is 7.48. The Morgan fingerprint density at radius 2 is 2.11 bits per heavy atom. The Bertz CT molecular complexity index is 668. The molecule has 0 saturated heterocycles. The minimum Gasteiger partial charge on any atom is -0.231 e. The second-order valence-corrected chi connectivity index (χ2v) is 6.99. The van der Waals surface area contributed by atoms with E-state index < -0.39 is 15.1 Å². The largest absolute Gasteiger partial charge is 0.231 e. The molecule has 0 bridgehead atoms. The van der Waals surface area contributed by atoms with Crippen LogP contribution in [-0.4, -0.2) is 28.6 Å². The number of aryl methyl sites for hydroxylation is 1. The molecule has 96 valence electrons. The van der Waals surface area contributed by atoms with E-state index in [0.29, 0.717) is 10.3 Å². The minimum atomic E-state index is -3.50. The number of hydrogen-bond donors (Lipinski definition) is 0. The fraction of sp³-hybridized carbons (Fsp3) is 0.300. The molecule has 0 aliphatic carbocycles. The third kappa shape index (κ3) is 2.30. The fourth-order valence-corrected chi connectivity index (χ4v) is 3.56. The van der Waals surface area contributed by atoms with Gasteiger partial charge in [-0.1, -0.05) is 22.0 Å². The summed E-state index contributed by atoms with van der Waals surface area (Å²) in [6.45, 7) is 1.57. The van der Waals surface area contributed by atoms with Gasteiger partial charge in [-0.15, -0.1) is 5.10 Å². The van der Waals surface area contributed by atoms with Crippen molar-refractivity contribution in [3.63, 3.8) is 0 Å². The molecule has 0 saturated carbocycles. The standard InChI is InChI=1S/C10H11BrN4O2S/c1-7(10-12-13-14-15(10)2)18(16,17)9-5-3-4-8(11)6-9/h3-7H,1-2H3. The van der Waals surface area contributed by atoms with E-state index >= 15 is 0 Å².